The van der Waals surface area contributed by atoms with Gasteiger partial charge >= 0.3 is 0 Å². The lowest BCUT2D eigenvalue weighted by Gasteiger charge is -2.41. The van der Waals surface area contributed by atoms with Gasteiger partial charge in [-0.15, -0.1) is 0 Å². The van der Waals surface area contributed by atoms with E-state index in [1.165, 1.54) is 37.8 Å². The number of benzene rings is 1. The third-order valence-electron chi connectivity index (χ3n) is 5.99. The number of halogens is 3. The van der Waals surface area contributed by atoms with Crippen LogP contribution in [0.2, 0.25) is 0 Å². The lowest BCUT2D eigenvalue weighted by Crippen LogP contribution is -2.30. The highest BCUT2D eigenvalue weighted by Crippen LogP contribution is 2.48. The van der Waals surface area contributed by atoms with Crippen molar-refractivity contribution in [3.8, 4) is 0 Å². The van der Waals surface area contributed by atoms with Gasteiger partial charge in [-0.2, -0.15) is 0 Å². The van der Waals surface area contributed by atoms with Crippen LogP contribution in [0, 0.1) is 35.2 Å². The summed E-state index contributed by atoms with van der Waals surface area (Å²) in [5, 5.41) is 0. The molecule has 3 rings (SSSR count). The molecule has 2 fully saturated rings. The van der Waals surface area contributed by atoms with Gasteiger partial charge in [0.05, 0.1) is 0 Å². The quantitative estimate of drug-likeness (QED) is 0.421. The van der Waals surface area contributed by atoms with Crippen LogP contribution in [0.4, 0.5) is 13.2 Å². The molecule has 0 spiro atoms. The molecule has 2 saturated carbocycles. The third kappa shape index (κ3) is 3.87. The summed E-state index contributed by atoms with van der Waals surface area (Å²) in [5.74, 6) is -1.21. The first kappa shape index (κ1) is 17.6. The Balaban J connectivity index is 1.62. The molecule has 0 N–H and O–H groups in total. The van der Waals surface area contributed by atoms with Crippen LogP contribution in [-0.2, 0) is 0 Å². The molecule has 0 saturated heterocycles. The molecule has 2 aliphatic carbocycles. The standard InChI is InChI=1S/C21H27F3/c1-2-3-4-5-14-6-7-16-11-17(9-8-15(16)10-14)18-12-19(22)21(24)20(23)13-18/h4-5,12-17H,2-3,6-11H2,1H3/t14-,15-,16-,17?/m1/s1. The van der Waals surface area contributed by atoms with Gasteiger partial charge in [-0.25, -0.2) is 13.2 Å². The Morgan fingerprint density at radius 2 is 1.62 bits per heavy atom. The molecule has 0 bridgehead atoms. The molecule has 1 aromatic carbocycles. The van der Waals surface area contributed by atoms with E-state index >= 15 is 0 Å². The van der Waals surface area contributed by atoms with Crippen molar-refractivity contribution in [2.45, 2.75) is 64.2 Å². The zero-order valence-electron chi connectivity index (χ0n) is 14.4. The van der Waals surface area contributed by atoms with Crippen molar-refractivity contribution in [2.24, 2.45) is 17.8 Å². The number of hydrogen-bond acceptors (Lipinski definition) is 0. The largest absolute Gasteiger partial charge is 0.204 e. The van der Waals surface area contributed by atoms with Crippen molar-refractivity contribution < 1.29 is 13.2 Å². The summed E-state index contributed by atoms with van der Waals surface area (Å²) in [6.45, 7) is 2.20. The monoisotopic (exact) mass is 336 g/mol. The summed E-state index contributed by atoms with van der Waals surface area (Å²) < 4.78 is 40.2. The van der Waals surface area contributed by atoms with E-state index in [2.05, 4.69) is 19.1 Å². The molecule has 0 aromatic heterocycles. The van der Waals surface area contributed by atoms with E-state index in [4.69, 9.17) is 0 Å². The fourth-order valence-corrected chi connectivity index (χ4v) is 4.67. The smallest absolute Gasteiger partial charge is 0.194 e. The summed E-state index contributed by atoms with van der Waals surface area (Å²) in [7, 11) is 0. The summed E-state index contributed by atoms with van der Waals surface area (Å²) >= 11 is 0. The van der Waals surface area contributed by atoms with Gasteiger partial charge < -0.3 is 0 Å². The molecule has 0 radical (unpaired) electrons. The first-order chi connectivity index (χ1) is 11.6. The Kier molecular flexibility index (Phi) is 5.68. The minimum atomic E-state index is -1.35. The van der Waals surface area contributed by atoms with Crippen molar-refractivity contribution in [3.05, 3.63) is 47.3 Å². The van der Waals surface area contributed by atoms with E-state index in [-0.39, 0.29) is 5.92 Å². The van der Waals surface area contributed by atoms with E-state index in [1.54, 1.807) is 0 Å². The van der Waals surface area contributed by atoms with Gasteiger partial charge in [0.1, 0.15) is 0 Å². The Bertz CT molecular complexity index is 570. The number of allylic oxidation sites excluding steroid dienone is 2. The maximum Gasteiger partial charge on any atom is 0.194 e. The van der Waals surface area contributed by atoms with Crippen molar-refractivity contribution in [1.82, 2.24) is 0 Å². The van der Waals surface area contributed by atoms with E-state index in [1.807, 2.05) is 0 Å². The fraction of sp³-hybridized carbons (Fsp3) is 0.619. The molecule has 0 nitrogen and oxygen atoms in total. The summed E-state index contributed by atoms with van der Waals surface area (Å²) in [4.78, 5) is 0. The Morgan fingerprint density at radius 3 is 2.33 bits per heavy atom. The molecule has 0 aliphatic heterocycles. The molecule has 1 aromatic rings. The summed E-state index contributed by atoms with van der Waals surface area (Å²) in [5.41, 5.74) is 0.634. The van der Waals surface area contributed by atoms with Gasteiger partial charge in [0.25, 0.3) is 0 Å². The number of fused-ring (bicyclic) bond motifs is 1. The van der Waals surface area contributed by atoms with E-state index in [0.29, 0.717) is 17.4 Å². The minimum absolute atomic E-state index is 0.169. The highest BCUT2D eigenvalue weighted by atomic mass is 19.2. The maximum absolute atomic E-state index is 13.5. The molecule has 1 unspecified atom stereocenters. The lowest BCUT2D eigenvalue weighted by atomic mass is 9.64. The van der Waals surface area contributed by atoms with Gasteiger partial charge in [-0.3, -0.25) is 0 Å². The molecule has 3 heteroatoms. The Morgan fingerprint density at radius 1 is 0.958 bits per heavy atom. The Hall–Kier alpha value is -1.25. The maximum atomic E-state index is 13.5. The third-order valence-corrected chi connectivity index (χ3v) is 5.99. The second-order valence-electron chi connectivity index (χ2n) is 7.62. The normalized spacial score (nSPS) is 30.5. The predicted molar refractivity (Wildman–Crippen MR) is 91.3 cm³/mol. The minimum Gasteiger partial charge on any atom is -0.204 e. The van der Waals surface area contributed by atoms with Crippen LogP contribution in [-0.4, -0.2) is 0 Å². The molecule has 132 valence electrons. The fourth-order valence-electron chi connectivity index (χ4n) is 4.67. The highest BCUT2D eigenvalue weighted by Gasteiger charge is 2.35. The van der Waals surface area contributed by atoms with Crippen LogP contribution in [0.15, 0.2) is 24.3 Å². The van der Waals surface area contributed by atoms with Gasteiger partial charge in [-0.1, -0.05) is 25.5 Å². The topological polar surface area (TPSA) is 0 Å². The second kappa shape index (κ2) is 7.76. The van der Waals surface area contributed by atoms with E-state index in [9.17, 15) is 13.2 Å². The molecule has 4 atom stereocenters. The van der Waals surface area contributed by atoms with Gasteiger partial charge in [0.15, 0.2) is 17.5 Å². The van der Waals surface area contributed by atoms with Crippen molar-refractivity contribution >= 4 is 0 Å². The molecular weight excluding hydrogens is 309 g/mol. The van der Waals surface area contributed by atoms with Crippen LogP contribution in [0.25, 0.3) is 0 Å². The van der Waals surface area contributed by atoms with Crippen LogP contribution >= 0.6 is 0 Å². The van der Waals surface area contributed by atoms with E-state index < -0.39 is 17.5 Å². The molecule has 0 heterocycles. The first-order valence-corrected chi connectivity index (χ1v) is 9.39. The predicted octanol–water partition coefficient (Wildman–Crippen LogP) is 6.76. The van der Waals surface area contributed by atoms with Crippen molar-refractivity contribution in [1.29, 1.82) is 0 Å². The van der Waals surface area contributed by atoms with Crippen LogP contribution in [0.1, 0.15) is 69.8 Å². The van der Waals surface area contributed by atoms with E-state index in [0.717, 1.165) is 31.6 Å². The van der Waals surface area contributed by atoms with Gasteiger partial charge in [-0.05, 0) is 86.3 Å². The zero-order valence-corrected chi connectivity index (χ0v) is 14.4. The van der Waals surface area contributed by atoms with Crippen LogP contribution in [0.5, 0.6) is 0 Å². The zero-order chi connectivity index (χ0) is 17.1. The summed E-state index contributed by atoms with van der Waals surface area (Å²) in [6, 6.07) is 2.39. The number of hydrogen-bond donors (Lipinski definition) is 0. The van der Waals surface area contributed by atoms with Crippen LogP contribution in [0.3, 0.4) is 0 Å². The van der Waals surface area contributed by atoms with Crippen molar-refractivity contribution in [2.75, 3.05) is 0 Å². The van der Waals surface area contributed by atoms with Gasteiger partial charge in [0.2, 0.25) is 0 Å². The molecule has 0 amide bonds. The SMILES string of the molecule is CCCC=C[C@@H]1CC[C@@H]2CC(c3cc(F)c(F)c(F)c3)CC[C@@H]2C1. The second-order valence-corrected chi connectivity index (χ2v) is 7.62. The summed E-state index contributed by atoms with van der Waals surface area (Å²) in [6.07, 6.45) is 13.8. The average molecular weight is 336 g/mol. The average Bonchev–Trinajstić information content (AvgIpc) is 2.59. The Labute approximate surface area is 143 Å². The molecule has 2 aliphatic rings. The first-order valence-electron chi connectivity index (χ1n) is 9.39. The number of rotatable bonds is 4. The van der Waals surface area contributed by atoms with Crippen molar-refractivity contribution in [3.63, 3.8) is 0 Å². The molecule has 24 heavy (non-hydrogen) atoms. The number of unbranched alkanes of at least 4 members (excludes halogenated alkanes) is 1. The van der Waals surface area contributed by atoms with Gasteiger partial charge in [0, 0.05) is 0 Å². The highest BCUT2D eigenvalue weighted by molar-refractivity contribution is 5.24. The lowest BCUT2D eigenvalue weighted by molar-refractivity contribution is 0.133. The molecular formula is C21H27F3. The van der Waals surface area contributed by atoms with Crippen LogP contribution < -0.4 is 0 Å².